The highest BCUT2D eigenvalue weighted by molar-refractivity contribution is 6.05. The van der Waals surface area contributed by atoms with Crippen LogP contribution in [0.3, 0.4) is 0 Å². The van der Waals surface area contributed by atoms with Gasteiger partial charge in [0.25, 0.3) is 0 Å². The highest BCUT2D eigenvalue weighted by Crippen LogP contribution is 2.41. The van der Waals surface area contributed by atoms with Crippen LogP contribution in [0.25, 0.3) is 22.0 Å². The molecule has 2 aromatic carbocycles. The van der Waals surface area contributed by atoms with Crippen LogP contribution in [0.4, 0.5) is 5.69 Å². The number of aromatic nitrogens is 1. The van der Waals surface area contributed by atoms with E-state index in [1.54, 1.807) is 14.2 Å². The predicted octanol–water partition coefficient (Wildman–Crippen LogP) is 3.81. The van der Waals surface area contributed by atoms with E-state index in [1.165, 1.54) is 0 Å². The van der Waals surface area contributed by atoms with E-state index in [0.717, 1.165) is 33.3 Å². The van der Waals surface area contributed by atoms with Crippen molar-refractivity contribution in [2.45, 2.75) is 6.92 Å². The van der Waals surface area contributed by atoms with Crippen LogP contribution in [0, 0.1) is 6.92 Å². The lowest BCUT2D eigenvalue weighted by Crippen LogP contribution is -1.99. The fraction of sp³-hybridized carbons (Fsp3) is 0.167. The maximum absolute atomic E-state index is 6.17. The van der Waals surface area contributed by atoms with E-state index in [2.05, 4.69) is 17.1 Å². The first-order chi connectivity index (χ1) is 10.7. The Morgan fingerprint density at radius 2 is 1.73 bits per heavy atom. The Kier molecular flexibility index (Phi) is 3.59. The molecule has 1 heterocycles. The van der Waals surface area contributed by atoms with Gasteiger partial charge < -0.3 is 15.2 Å². The van der Waals surface area contributed by atoms with Crippen LogP contribution in [0.5, 0.6) is 11.6 Å². The molecule has 0 aliphatic heterocycles. The molecule has 0 saturated heterocycles. The first-order valence-corrected chi connectivity index (χ1v) is 7.03. The van der Waals surface area contributed by atoms with Crippen molar-refractivity contribution in [3.63, 3.8) is 0 Å². The first kappa shape index (κ1) is 14.2. The lowest BCUT2D eigenvalue weighted by atomic mass is 9.95. The SMILES string of the molecule is COc1cc(C)c2c(-c3ccccc3)c(OC)cc(N)c2n1. The summed E-state index contributed by atoms with van der Waals surface area (Å²) in [5.41, 5.74) is 10.6. The van der Waals surface area contributed by atoms with Crippen LogP contribution in [0.1, 0.15) is 5.56 Å². The number of nitrogens with two attached hydrogens (primary N) is 1. The average molecular weight is 294 g/mol. The van der Waals surface area contributed by atoms with Crippen LogP contribution in [0.2, 0.25) is 0 Å². The molecule has 0 aliphatic rings. The molecule has 0 unspecified atom stereocenters. The fourth-order valence-corrected chi connectivity index (χ4v) is 2.73. The van der Waals surface area contributed by atoms with E-state index >= 15 is 0 Å². The van der Waals surface area contributed by atoms with Gasteiger partial charge in [0.2, 0.25) is 5.88 Å². The van der Waals surface area contributed by atoms with E-state index in [1.807, 2.05) is 37.3 Å². The summed E-state index contributed by atoms with van der Waals surface area (Å²) in [4.78, 5) is 4.51. The molecule has 112 valence electrons. The summed E-state index contributed by atoms with van der Waals surface area (Å²) < 4.78 is 10.8. The Morgan fingerprint density at radius 3 is 2.36 bits per heavy atom. The van der Waals surface area contributed by atoms with Crippen molar-refractivity contribution in [3.8, 4) is 22.8 Å². The van der Waals surface area contributed by atoms with Crippen molar-refractivity contribution in [1.29, 1.82) is 0 Å². The molecule has 1 aromatic heterocycles. The minimum atomic E-state index is 0.556. The summed E-state index contributed by atoms with van der Waals surface area (Å²) in [5, 5.41) is 0.990. The number of rotatable bonds is 3. The third-order valence-corrected chi connectivity index (χ3v) is 3.74. The smallest absolute Gasteiger partial charge is 0.213 e. The van der Waals surface area contributed by atoms with E-state index < -0.39 is 0 Å². The first-order valence-electron chi connectivity index (χ1n) is 7.03. The number of nitrogens with zero attached hydrogens (tertiary/aromatic N) is 1. The lowest BCUT2D eigenvalue weighted by Gasteiger charge is -2.16. The summed E-state index contributed by atoms with van der Waals surface area (Å²) in [5.74, 6) is 1.30. The van der Waals surface area contributed by atoms with Crippen molar-refractivity contribution in [2.75, 3.05) is 20.0 Å². The third-order valence-electron chi connectivity index (χ3n) is 3.74. The Hall–Kier alpha value is -2.75. The molecule has 4 nitrogen and oxygen atoms in total. The molecule has 0 amide bonds. The number of hydrogen-bond acceptors (Lipinski definition) is 4. The predicted molar refractivity (Wildman–Crippen MR) is 89.4 cm³/mol. The van der Waals surface area contributed by atoms with Gasteiger partial charge in [0.1, 0.15) is 5.75 Å². The topological polar surface area (TPSA) is 57.4 Å². The van der Waals surface area contributed by atoms with Crippen molar-refractivity contribution in [1.82, 2.24) is 4.98 Å². The van der Waals surface area contributed by atoms with Gasteiger partial charge in [-0.2, -0.15) is 0 Å². The summed E-state index contributed by atoms with van der Waals surface area (Å²) in [7, 11) is 3.25. The summed E-state index contributed by atoms with van der Waals surface area (Å²) >= 11 is 0. The normalized spacial score (nSPS) is 10.7. The van der Waals surface area contributed by atoms with E-state index in [4.69, 9.17) is 15.2 Å². The molecule has 0 radical (unpaired) electrons. The maximum Gasteiger partial charge on any atom is 0.213 e. The molecule has 0 saturated carbocycles. The summed E-state index contributed by atoms with van der Waals surface area (Å²) in [6, 6.07) is 13.8. The molecule has 0 atom stereocenters. The Balaban J connectivity index is 2.46. The quantitative estimate of drug-likeness (QED) is 0.746. The standard InChI is InChI=1S/C18H18N2O2/c1-11-9-15(22-3)20-18-13(19)10-14(21-2)17(16(11)18)12-7-5-4-6-8-12/h4-10H,19H2,1-3H3. The van der Waals surface area contributed by atoms with Crippen molar-refractivity contribution < 1.29 is 9.47 Å². The number of pyridine rings is 1. The molecule has 0 fully saturated rings. The zero-order valence-corrected chi connectivity index (χ0v) is 12.9. The zero-order chi connectivity index (χ0) is 15.7. The fourth-order valence-electron chi connectivity index (χ4n) is 2.73. The second-order valence-electron chi connectivity index (χ2n) is 5.11. The van der Waals surface area contributed by atoms with Gasteiger partial charge in [0, 0.05) is 23.1 Å². The zero-order valence-electron chi connectivity index (χ0n) is 12.9. The van der Waals surface area contributed by atoms with Gasteiger partial charge in [-0.15, -0.1) is 0 Å². The van der Waals surface area contributed by atoms with Gasteiger partial charge in [-0.1, -0.05) is 30.3 Å². The van der Waals surface area contributed by atoms with Gasteiger partial charge in [-0.05, 0) is 18.1 Å². The highest BCUT2D eigenvalue weighted by Gasteiger charge is 2.17. The molecule has 0 spiro atoms. The largest absolute Gasteiger partial charge is 0.496 e. The molecule has 3 aromatic rings. The lowest BCUT2D eigenvalue weighted by molar-refractivity contribution is 0.399. The highest BCUT2D eigenvalue weighted by atomic mass is 16.5. The van der Waals surface area contributed by atoms with Crippen LogP contribution in [-0.4, -0.2) is 19.2 Å². The molecule has 3 rings (SSSR count). The Bertz CT molecular complexity index is 830. The molecule has 4 heteroatoms. The Morgan fingerprint density at radius 1 is 1.00 bits per heavy atom. The monoisotopic (exact) mass is 294 g/mol. The van der Waals surface area contributed by atoms with E-state index in [9.17, 15) is 0 Å². The minimum absolute atomic E-state index is 0.556. The van der Waals surface area contributed by atoms with Gasteiger partial charge in [0.15, 0.2) is 0 Å². The van der Waals surface area contributed by atoms with Crippen LogP contribution in [-0.2, 0) is 0 Å². The molecular weight excluding hydrogens is 276 g/mol. The average Bonchev–Trinajstić information content (AvgIpc) is 2.55. The summed E-state index contributed by atoms with van der Waals surface area (Å²) in [6.07, 6.45) is 0. The van der Waals surface area contributed by atoms with Crippen molar-refractivity contribution in [3.05, 3.63) is 48.0 Å². The number of benzene rings is 2. The minimum Gasteiger partial charge on any atom is -0.496 e. The van der Waals surface area contributed by atoms with Gasteiger partial charge in [0.05, 0.1) is 25.4 Å². The molecule has 0 aliphatic carbocycles. The van der Waals surface area contributed by atoms with E-state index in [0.29, 0.717) is 11.6 Å². The van der Waals surface area contributed by atoms with Gasteiger partial charge in [-0.25, -0.2) is 4.98 Å². The number of fused-ring (bicyclic) bond motifs is 1. The van der Waals surface area contributed by atoms with Crippen LogP contribution < -0.4 is 15.2 Å². The molecule has 2 N–H and O–H groups in total. The molecular formula is C18H18N2O2. The Labute approximate surface area is 129 Å². The summed E-state index contributed by atoms with van der Waals surface area (Å²) in [6.45, 7) is 2.03. The van der Waals surface area contributed by atoms with Crippen LogP contribution in [0.15, 0.2) is 42.5 Å². The van der Waals surface area contributed by atoms with Crippen molar-refractivity contribution in [2.24, 2.45) is 0 Å². The second kappa shape index (κ2) is 5.56. The maximum atomic E-state index is 6.17. The number of aryl methyl sites for hydroxylation is 1. The number of methoxy groups -OCH3 is 2. The van der Waals surface area contributed by atoms with Gasteiger partial charge in [-0.3, -0.25) is 0 Å². The van der Waals surface area contributed by atoms with Gasteiger partial charge >= 0.3 is 0 Å². The second-order valence-corrected chi connectivity index (χ2v) is 5.11. The van der Waals surface area contributed by atoms with E-state index in [-0.39, 0.29) is 0 Å². The molecule has 22 heavy (non-hydrogen) atoms. The number of ether oxygens (including phenoxy) is 2. The third kappa shape index (κ3) is 2.22. The van der Waals surface area contributed by atoms with Crippen LogP contribution >= 0.6 is 0 Å². The number of hydrogen-bond donors (Lipinski definition) is 1. The molecule has 0 bridgehead atoms. The number of nitrogen functional groups attached to an aromatic ring is 1. The number of anilines is 1. The van der Waals surface area contributed by atoms with Crippen molar-refractivity contribution >= 4 is 16.6 Å².